The minimum absolute atomic E-state index is 0.108. The predicted molar refractivity (Wildman–Crippen MR) is 96.7 cm³/mol. The van der Waals surface area contributed by atoms with Crippen LogP contribution in [0.4, 0.5) is 0 Å². The van der Waals surface area contributed by atoms with Gasteiger partial charge in [-0.15, -0.1) is 0 Å². The Labute approximate surface area is 158 Å². The van der Waals surface area contributed by atoms with Crippen molar-refractivity contribution in [3.63, 3.8) is 0 Å². The van der Waals surface area contributed by atoms with E-state index >= 15 is 0 Å². The molecule has 0 radical (unpaired) electrons. The highest BCUT2D eigenvalue weighted by Gasteiger charge is 2.44. The second kappa shape index (κ2) is 8.79. The fourth-order valence-corrected chi connectivity index (χ4v) is 2.94. The van der Waals surface area contributed by atoms with E-state index < -0.39 is 29.6 Å². The van der Waals surface area contributed by atoms with Gasteiger partial charge in [0.15, 0.2) is 6.04 Å². The van der Waals surface area contributed by atoms with E-state index in [9.17, 15) is 19.5 Å². The van der Waals surface area contributed by atoms with Gasteiger partial charge in [0, 0.05) is 19.5 Å². The molecule has 1 aliphatic rings. The standard InChI is InChI=1S/C19H25N3O5/c1-19(2,3)27-18(26)16-12-20-9-10-21(16)22(13-23)15(17(24)25)11-14-7-5-4-6-8-14/h4-8,15-16,20H,9-12H2,1-3H3/p+1/t15-,16?/m0/s1. The molecule has 0 aromatic heterocycles. The van der Waals surface area contributed by atoms with Gasteiger partial charge in [0.1, 0.15) is 5.60 Å². The third-order valence-electron chi connectivity index (χ3n) is 4.12. The molecule has 0 aliphatic carbocycles. The number of hydrogen-bond acceptors (Lipinski definition) is 6. The topological polar surface area (TPSA) is 99.0 Å². The van der Waals surface area contributed by atoms with Crippen LogP contribution in [0.5, 0.6) is 0 Å². The zero-order chi connectivity index (χ0) is 20.0. The highest BCUT2D eigenvalue weighted by molar-refractivity contribution is 5.76. The van der Waals surface area contributed by atoms with Crippen LogP contribution >= 0.6 is 0 Å². The lowest BCUT2D eigenvalue weighted by atomic mass is 10.1. The Morgan fingerprint density at radius 2 is 2.04 bits per heavy atom. The molecule has 1 heterocycles. The molecule has 0 bridgehead atoms. The number of carbonyl (C=O) groups excluding carboxylic acids is 2. The van der Waals surface area contributed by atoms with Gasteiger partial charge in [0.05, 0.1) is 6.54 Å². The average molecular weight is 376 g/mol. The number of isocyanates is 1. The van der Waals surface area contributed by atoms with Crippen molar-refractivity contribution in [2.24, 2.45) is 0 Å². The number of aliphatic carboxylic acids is 1. The predicted octanol–water partition coefficient (Wildman–Crippen LogP) is 0.561. The Hall–Kier alpha value is -2.70. The Bertz CT molecular complexity index is 723. The second-order valence-corrected chi connectivity index (χ2v) is 7.40. The lowest BCUT2D eigenvalue weighted by molar-refractivity contribution is -0.712. The number of nitrogens with zero attached hydrogens (tertiary/aromatic N) is 2. The van der Waals surface area contributed by atoms with Crippen LogP contribution in [0.15, 0.2) is 30.3 Å². The number of hydrazine groups is 1. The fourth-order valence-electron chi connectivity index (χ4n) is 2.94. The fraction of sp³-hybridized carbons (Fsp3) is 0.526. The number of nitrogens with one attached hydrogen (secondary N) is 1. The Morgan fingerprint density at radius 3 is 2.59 bits per heavy atom. The van der Waals surface area contributed by atoms with Crippen molar-refractivity contribution in [3.05, 3.63) is 35.9 Å². The quantitative estimate of drug-likeness (QED) is 0.324. The monoisotopic (exact) mass is 376 g/mol. The number of rotatable bonds is 6. The third-order valence-corrected chi connectivity index (χ3v) is 4.12. The molecular weight excluding hydrogens is 350 g/mol. The summed E-state index contributed by atoms with van der Waals surface area (Å²) in [6.07, 6.45) is 1.82. The normalized spacial score (nSPS) is 18.3. The average Bonchev–Trinajstić information content (AvgIpc) is 2.61. The van der Waals surface area contributed by atoms with E-state index in [1.54, 1.807) is 51.1 Å². The van der Waals surface area contributed by atoms with Crippen molar-refractivity contribution >= 4 is 18.0 Å². The highest BCUT2D eigenvalue weighted by atomic mass is 16.6. The van der Waals surface area contributed by atoms with Gasteiger partial charge in [-0.1, -0.05) is 30.3 Å². The van der Waals surface area contributed by atoms with Crippen LogP contribution < -0.4 is 5.32 Å². The summed E-state index contributed by atoms with van der Waals surface area (Å²) in [5.41, 5.74) is 0.0840. The van der Waals surface area contributed by atoms with Crippen molar-refractivity contribution in [3.8, 4) is 0 Å². The van der Waals surface area contributed by atoms with Gasteiger partial charge in [-0.05, 0) is 31.0 Å². The molecule has 0 amide bonds. The molecule has 2 rings (SSSR count). The number of carboxylic acids is 1. The maximum absolute atomic E-state index is 12.6. The SMILES string of the molecule is CC(C)(C)OC(=O)C1CNCCN1[N+](=C=O)[C@@H](Cc1ccccc1)C(=O)O. The van der Waals surface area contributed by atoms with Crippen LogP contribution in [0, 0.1) is 0 Å². The lowest BCUT2D eigenvalue weighted by Gasteiger charge is -2.33. The molecular formula is C19H26N3O5+. The van der Waals surface area contributed by atoms with E-state index in [4.69, 9.17) is 4.74 Å². The molecule has 2 N–H and O–H groups in total. The van der Waals surface area contributed by atoms with Gasteiger partial charge in [-0.25, -0.2) is 9.59 Å². The van der Waals surface area contributed by atoms with Crippen molar-refractivity contribution in [2.75, 3.05) is 19.6 Å². The van der Waals surface area contributed by atoms with Crippen molar-refractivity contribution in [1.82, 2.24) is 10.3 Å². The Balaban J connectivity index is 2.29. The summed E-state index contributed by atoms with van der Waals surface area (Å²) in [6, 6.07) is 7.04. The minimum atomic E-state index is -1.17. The van der Waals surface area contributed by atoms with Gasteiger partial charge in [-0.3, -0.25) is 0 Å². The van der Waals surface area contributed by atoms with Crippen LogP contribution in [0.25, 0.3) is 0 Å². The smallest absolute Gasteiger partial charge is 0.456 e. The van der Waals surface area contributed by atoms with Gasteiger partial charge < -0.3 is 15.2 Å². The number of piperazine rings is 1. The molecule has 0 spiro atoms. The molecule has 1 fully saturated rings. The molecule has 27 heavy (non-hydrogen) atoms. The van der Waals surface area contributed by atoms with Gasteiger partial charge in [0.2, 0.25) is 0 Å². The first kappa shape index (κ1) is 20.6. The van der Waals surface area contributed by atoms with Gasteiger partial charge >= 0.3 is 18.0 Å². The van der Waals surface area contributed by atoms with Crippen LogP contribution in [0.1, 0.15) is 26.3 Å². The summed E-state index contributed by atoms with van der Waals surface area (Å²) in [4.78, 5) is 36.2. The summed E-state index contributed by atoms with van der Waals surface area (Å²) >= 11 is 0. The molecule has 8 nitrogen and oxygen atoms in total. The van der Waals surface area contributed by atoms with E-state index in [0.29, 0.717) is 6.54 Å². The van der Waals surface area contributed by atoms with E-state index in [1.807, 2.05) is 6.07 Å². The highest BCUT2D eigenvalue weighted by Crippen LogP contribution is 2.16. The van der Waals surface area contributed by atoms with E-state index in [2.05, 4.69) is 5.32 Å². The summed E-state index contributed by atoms with van der Waals surface area (Å²) in [7, 11) is 0. The molecule has 146 valence electrons. The van der Waals surface area contributed by atoms with Crippen LogP contribution in [-0.4, -0.2) is 70.1 Å². The number of esters is 1. The zero-order valence-electron chi connectivity index (χ0n) is 15.8. The summed E-state index contributed by atoms with van der Waals surface area (Å²) in [5, 5.41) is 14.2. The maximum Gasteiger partial charge on any atom is 0.456 e. The summed E-state index contributed by atoms with van der Waals surface area (Å²) < 4.78 is 6.43. The lowest BCUT2D eigenvalue weighted by Crippen LogP contribution is -2.62. The molecule has 1 aromatic carbocycles. The van der Waals surface area contributed by atoms with Crippen LogP contribution in [0.3, 0.4) is 0 Å². The molecule has 2 atom stereocenters. The minimum Gasteiger partial charge on any atom is -0.476 e. The number of benzene rings is 1. The van der Waals surface area contributed by atoms with Crippen molar-refractivity contribution < 1.29 is 28.9 Å². The summed E-state index contributed by atoms with van der Waals surface area (Å²) in [5.74, 6) is -1.68. The molecule has 1 saturated heterocycles. The first-order valence-electron chi connectivity index (χ1n) is 8.87. The molecule has 0 saturated carbocycles. The Morgan fingerprint density at radius 1 is 1.37 bits per heavy atom. The maximum atomic E-state index is 12.6. The Kier molecular flexibility index (Phi) is 6.71. The van der Waals surface area contributed by atoms with E-state index in [1.165, 1.54) is 5.01 Å². The van der Waals surface area contributed by atoms with Crippen molar-refractivity contribution in [1.29, 1.82) is 0 Å². The van der Waals surface area contributed by atoms with Crippen LogP contribution in [0.2, 0.25) is 0 Å². The third kappa shape index (κ3) is 5.64. The second-order valence-electron chi connectivity index (χ2n) is 7.40. The largest absolute Gasteiger partial charge is 0.476 e. The number of carboxylic acid groups (broad SMARTS) is 1. The molecule has 1 aromatic rings. The van der Waals surface area contributed by atoms with Crippen LogP contribution in [-0.2, 0) is 25.5 Å². The van der Waals surface area contributed by atoms with E-state index in [-0.39, 0.29) is 19.5 Å². The zero-order valence-corrected chi connectivity index (χ0v) is 15.8. The van der Waals surface area contributed by atoms with E-state index in [0.717, 1.165) is 10.2 Å². The van der Waals surface area contributed by atoms with Gasteiger partial charge in [-0.2, -0.15) is 9.80 Å². The van der Waals surface area contributed by atoms with Gasteiger partial charge in [0.25, 0.3) is 6.04 Å². The number of ether oxygens (including phenoxy) is 1. The molecule has 1 aliphatic heterocycles. The molecule has 8 heteroatoms. The number of carbonyl (C=O) groups is 2. The first-order chi connectivity index (χ1) is 12.7. The summed E-state index contributed by atoms with van der Waals surface area (Å²) in [6.45, 7) is 6.32. The van der Waals surface area contributed by atoms with Crippen molar-refractivity contribution in [2.45, 2.75) is 44.9 Å². The molecule has 1 unspecified atom stereocenters. The number of hydrogen-bond donors (Lipinski definition) is 2. The first-order valence-corrected chi connectivity index (χ1v) is 8.87. The number of hydrazone groups is 1.